The van der Waals surface area contributed by atoms with Gasteiger partial charge in [-0.3, -0.25) is 0 Å². The van der Waals surface area contributed by atoms with E-state index in [2.05, 4.69) is 15.0 Å². The Kier molecular flexibility index (Phi) is 8.15. The van der Waals surface area contributed by atoms with Crippen molar-refractivity contribution in [3.8, 4) is 0 Å². The van der Waals surface area contributed by atoms with Crippen molar-refractivity contribution in [2.24, 2.45) is 0 Å². The molecule has 0 saturated carbocycles. The van der Waals surface area contributed by atoms with Gasteiger partial charge in [0.1, 0.15) is 30.2 Å². The third-order valence-corrected chi connectivity index (χ3v) is 6.95. The Morgan fingerprint density at radius 3 is 1.85 bits per heavy atom. The Labute approximate surface area is 237 Å². The molecule has 1 fully saturated rings. The van der Waals surface area contributed by atoms with Crippen molar-refractivity contribution < 1.29 is 18.9 Å². The summed E-state index contributed by atoms with van der Waals surface area (Å²) in [6.45, 7) is 1.49. The van der Waals surface area contributed by atoms with E-state index in [1.54, 1.807) is 0 Å². The summed E-state index contributed by atoms with van der Waals surface area (Å²) in [6, 6.07) is 30.0. The van der Waals surface area contributed by atoms with Gasteiger partial charge in [-0.25, -0.2) is 4.98 Å². The van der Waals surface area contributed by atoms with E-state index >= 15 is 0 Å². The second-order valence-electron chi connectivity index (χ2n) is 9.90. The maximum atomic E-state index is 6.60. The molecule has 210 valence electrons. The summed E-state index contributed by atoms with van der Waals surface area (Å²) >= 11 is 0. The number of anilines is 2. The van der Waals surface area contributed by atoms with E-state index in [0.717, 1.165) is 16.7 Å². The lowest BCUT2D eigenvalue weighted by Crippen LogP contribution is -2.38. The molecule has 3 heterocycles. The number of benzene rings is 3. The van der Waals surface area contributed by atoms with E-state index < -0.39 is 24.4 Å². The highest BCUT2D eigenvalue weighted by Gasteiger charge is 2.48. The third kappa shape index (κ3) is 6.36. The molecule has 5 aromatic rings. The maximum absolute atomic E-state index is 6.60. The number of imidazole rings is 1. The van der Waals surface area contributed by atoms with Gasteiger partial charge < -0.3 is 35.4 Å². The molecule has 0 amide bonds. The van der Waals surface area contributed by atoms with Crippen molar-refractivity contribution in [3.05, 3.63) is 114 Å². The number of fused-ring (bicyclic) bond motifs is 1. The molecule has 1 saturated heterocycles. The highest BCUT2D eigenvalue weighted by atomic mass is 16.6. The van der Waals surface area contributed by atoms with E-state index in [-0.39, 0.29) is 11.8 Å². The van der Waals surface area contributed by atoms with Gasteiger partial charge in [-0.2, -0.15) is 9.97 Å². The predicted molar refractivity (Wildman–Crippen MR) is 154 cm³/mol. The fourth-order valence-corrected chi connectivity index (χ4v) is 4.96. The number of rotatable bonds is 11. The van der Waals surface area contributed by atoms with E-state index in [1.807, 2.05) is 91.0 Å². The van der Waals surface area contributed by atoms with E-state index in [9.17, 15) is 0 Å². The third-order valence-electron chi connectivity index (χ3n) is 6.95. The van der Waals surface area contributed by atoms with Crippen LogP contribution in [0, 0.1) is 0 Å². The second-order valence-corrected chi connectivity index (χ2v) is 9.90. The normalized spacial score (nSPS) is 20.5. The predicted octanol–water partition coefficient (Wildman–Crippen LogP) is 4.34. The van der Waals surface area contributed by atoms with Gasteiger partial charge in [0.25, 0.3) is 0 Å². The molecule has 2 aromatic heterocycles. The Morgan fingerprint density at radius 2 is 1.24 bits per heavy atom. The topological polar surface area (TPSA) is 143 Å². The van der Waals surface area contributed by atoms with Crippen LogP contribution in [0.3, 0.4) is 0 Å². The lowest BCUT2D eigenvalue weighted by atomic mass is 10.1. The van der Waals surface area contributed by atoms with Crippen LogP contribution in [-0.4, -0.2) is 44.9 Å². The van der Waals surface area contributed by atoms with E-state index in [4.69, 9.17) is 35.4 Å². The molecular weight excluding hydrogens is 520 g/mol. The highest BCUT2D eigenvalue weighted by Crippen LogP contribution is 2.38. The number of H-pyrrole nitrogens is 1. The molecule has 10 nitrogen and oxygen atoms in total. The van der Waals surface area contributed by atoms with Gasteiger partial charge in [-0.15, -0.1) is 0 Å². The minimum absolute atomic E-state index is 0.0608. The van der Waals surface area contributed by atoms with Crippen LogP contribution in [0.15, 0.2) is 91.0 Å². The van der Waals surface area contributed by atoms with Crippen LogP contribution in [0.5, 0.6) is 0 Å². The van der Waals surface area contributed by atoms with Crippen molar-refractivity contribution in [3.63, 3.8) is 0 Å². The highest BCUT2D eigenvalue weighted by molar-refractivity contribution is 5.82. The monoisotopic (exact) mass is 552 g/mol. The molecule has 41 heavy (non-hydrogen) atoms. The zero-order chi connectivity index (χ0) is 28.0. The molecule has 0 spiro atoms. The number of nitrogens with one attached hydrogen (secondary N) is 1. The summed E-state index contributed by atoms with van der Waals surface area (Å²) in [5, 5.41) is 0. The quantitative estimate of drug-likeness (QED) is 0.218. The number of aromatic nitrogens is 4. The van der Waals surface area contributed by atoms with Gasteiger partial charge in [-0.1, -0.05) is 91.0 Å². The number of hydrogen-bond donors (Lipinski definition) is 3. The molecule has 5 N–H and O–H groups in total. The van der Waals surface area contributed by atoms with Crippen molar-refractivity contribution in [1.29, 1.82) is 0 Å². The van der Waals surface area contributed by atoms with Gasteiger partial charge in [0.15, 0.2) is 17.0 Å². The molecule has 6 rings (SSSR count). The first kappa shape index (κ1) is 26.9. The van der Waals surface area contributed by atoms with Crippen LogP contribution in [-0.2, 0) is 38.8 Å². The Bertz CT molecular complexity index is 1550. The summed E-state index contributed by atoms with van der Waals surface area (Å²) in [5.74, 6) is 0.753. The van der Waals surface area contributed by atoms with E-state index in [0.29, 0.717) is 43.4 Å². The minimum Gasteiger partial charge on any atom is -0.382 e. The molecule has 4 atom stereocenters. The Morgan fingerprint density at radius 1 is 0.683 bits per heavy atom. The summed E-state index contributed by atoms with van der Waals surface area (Å²) in [6.07, 6.45) is -2.02. The number of aromatic amines is 1. The SMILES string of the molecule is Nc1nc(N)c2nc([C@@H]3O[C@H](COCc4ccccc4)[C@@H](OCc4ccccc4)[C@@H]3OCc3ccccc3)[nH]c2n1. The molecule has 0 radical (unpaired) electrons. The lowest BCUT2D eigenvalue weighted by molar-refractivity contribution is -0.0898. The first-order chi connectivity index (χ1) is 20.1. The van der Waals surface area contributed by atoms with Crippen LogP contribution < -0.4 is 11.5 Å². The van der Waals surface area contributed by atoms with Crippen molar-refractivity contribution in [2.45, 2.75) is 44.2 Å². The van der Waals surface area contributed by atoms with E-state index in [1.165, 1.54) is 0 Å². The first-order valence-corrected chi connectivity index (χ1v) is 13.5. The lowest BCUT2D eigenvalue weighted by Gasteiger charge is -2.25. The summed E-state index contributed by atoms with van der Waals surface area (Å²) in [4.78, 5) is 16.2. The number of ether oxygens (including phenoxy) is 4. The summed E-state index contributed by atoms with van der Waals surface area (Å²) < 4.78 is 25.8. The van der Waals surface area contributed by atoms with Gasteiger partial charge >= 0.3 is 0 Å². The maximum Gasteiger partial charge on any atom is 0.224 e. The zero-order valence-corrected chi connectivity index (χ0v) is 22.4. The standard InChI is InChI=1S/C31H32N6O4/c32-28-24-29(37-31(33)35-28)36-30(34-24)27-26(40-18-22-14-8-3-9-15-22)25(39-17-21-12-6-2-7-13-21)23(41-27)19-38-16-20-10-4-1-5-11-20/h1-15,23,25-27H,16-19H2,(H5,32,33,34,35,36,37)/t23-,25-,26+,27-/m1/s1. The number of nitrogen functional groups attached to an aromatic ring is 2. The molecule has 10 heteroatoms. The Balaban J connectivity index is 1.29. The Hall–Kier alpha value is -4.35. The fourth-order valence-electron chi connectivity index (χ4n) is 4.96. The van der Waals surface area contributed by atoms with Gasteiger partial charge in [-0.05, 0) is 16.7 Å². The van der Waals surface area contributed by atoms with Crippen LogP contribution in [0.4, 0.5) is 11.8 Å². The van der Waals surface area contributed by atoms with Crippen LogP contribution in [0.25, 0.3) is 11.2 Å². The van der Waals surface area contributed by atoms with Gasteiger partial charge in [0.2, 0.25) is 5.95 Å². The van der Waals surface area contributed by atoms with Gasteiger partial charge in [0.05, 0.1) is 26.4 Å². The van der Waals surface area contributed by atoms with Crippen molar-refractivity contribution in [1.82, 2.24) is 19.9 Å². The minimum atomic E-state index is -0.611. The summed E-state index contributed by atoms with van der Waals surface area (Å²) in [5.41, 5.74) is 15.9. The van der Waals surface area contributed by atoms with Crippen LogP contribution in [0.2, 0.25) is 0 Å². The van der Waals surface area contributed by atoms with Crippen LogP contribution in [0.1, 0.15) is 28.6 Å². The van der Waals surface area contributed by atoms with Gasteiger partial charge in [0, 0.05) is 0 Å². The molecule has 0 unspecified atom stereocenters. The van der Waals surface area contributed by atoms with Crippen molar-refractivity contribution in [2.75, 3.05) is 18.1 Å². The molecule has 0 aliphatic carbocycles. The first-order valence-electron chi connectivity index (χ1n) is 13.5. The van der Waals surface area contributed by atoms with Crippen LogP contribution >= 0.6 is 0 Å². The molecule has 1 aliphatic heterocycles. The number of nitrogens with two attached hydrogens (primary N) is 2. The number of nitrogens with zero attached hydrogens (tertiary/aromatic N) is 3. The van der Waals surface area contributed by atoms with Crippen molar-refractivity contribution >= 4 is 22.9 Å². The summed E-state index contributed by atoms with van der Waals surface area (Å²) in [7, 11) is 0. The molecule has 0 bridgehead atoms. The fraction of sp³-hybridized carbons (Fsp3) is 0.258. The average Bonchev–Trinajstić information content (AvgIpc) is 3.58. The molecule has 3 aromatic carbocycles. The average molecular weight is 553 g/mol. The smallest absolute Gasteiger partial charge is 0.224 e. The number of hydrogen-bond acceptors (Lipinski definition) is 9. The molecule has 1 aliphatic rings. The zero-order valence-electron chi connectivity index (χ0n) is 22.4. The largest absolute Gasteiger partial charge is 0.382 e. The second kappa shape index (κ2) is 12.4. The molecular formula is C31H32N6O4.